The minimum absolute atomic E-state index is 0.470. The number of carbonyl (C=O) groups is 1. The van der Waals surface area contributed by atoms with Gasteiger partial charge < -0.3 is 10.2 Å². The molecular formula is C11H17NO3S. The third-order valence-electron chi connectivity index (χ3n) is 2.40. The summed E-state index contributed by atoms with van der Waals surface area (Å²) in [5.41, 5.74) is 1.09. The van der Waals surface area contributed by atoms with Gasteiger partial charge in [0.2, 0.25) is 0 Å². The van der Waals surface area contributed by atoms with Gasteiger partial charge in [-0.2, -0.15) is 0 Å². The number of aliphatic hydroxyl groups is 1. The Morgan fingerprint density at radius 1 is 1.56 bits per heavy atom. The maximum Gasteiger partial charge on any atom is 0.323 e. The van der Waals surface area contributed by atoms with Crippen molar-refractivity contribution in [1.29, 1.82) is 0 Å². The summed E-state index contributed by atoms with van der Waals surface area (Å²) in [6.07, 6.45) is -0.905. The van der Waals surface area contributed by atoms with Crippen LogP contribution in [-0.4, -0.2) is 28.3 Å². The third kappa shape index (κ3) is 3.30. The van der Waals surface area contributed by atoms with E-state index in [0.717, 1.165) is 5.56 Å². The zero-order chi connectivity index (χ0) is 12.3. The predicted molar refractivity (Wildman–Crippen MR) is 63.7 cm³/mol. The van der Waals surface area contributed by atoms with Gasteiger partial charge in [-0.25, -0.2) is 0 Å². The normalized spacial score (nSPS) is 14.8. The van der Waals surface area contributed by atoms with Crippen molar-refractivity contribution in [3.05, 3.63) is 21.4 Å². The largest absolute Gasteiger partial charge is 0.480 e. The predicted octanol–water partition coefficient (Wildman–Crippen LogP) is 1.29. The molecule has 0 saturated heterocycles. The quantitative estimate of drug-likeness (QED) is 0.729. The van der Waals surface area contributed by atoms with Crippen LogP contribution in [-0.2, 0) is 11.3 Å². The first kappa shape index (κ1) is 13.2. The van der Waals surface area contributed by atoms with Crippen molar-refractivity contribution in [2.75, 3.05) is 0 Å². The Morgan fingerprint density at radius 3 is 2.56 bits per heavy atom. The van der Waals surface area contributed by atoms with Gasteiger partial charge in [-0.3, -0.25) is 10.1 Å². The van der Waals surface area contributed by atoms with E-state index in [9.17, 15) is 9.90 Å². The average molecular weight is 243 g/mol. The van der Waals surface area contributed by atoms with Crippen LogP contribution in [0.3, 0.4) is 0 Å². The second kappa shape index (κ2) is 5.43. The van der Waals surface area contributed by atoms with Gasteiger partial charge in [0.05, 0.1) is 6.10 Å². The van der Waals surface area contributed by atoms with Crippen LogP contribution in [0.4, 0.5) is 0 Å². The number of carboxylic acids is 1. The van der Waals surface area contributed by atoms with E-state index in [2.05, 4.69) is 5.32 Å². The first-order valence-corrected chi connectivity index (χ1v) is 5.93. The summed E-state index contributed by atoms with van der Waals surface area (Å²) in [6.45, 7) is 5.97. The van der Waals surface area contributed by atoms with Gasteiger partial charge in [-0.05, 0) is 32.4 Å². The van der Waals surface area contributed by atoms with Gasteiger partial charge in [0.15, 0.2) is 0 Å². The van der Waals surface area contributed by atoms with Crippen molar-refractivity contribution < 1.29 is 15.0 Å². The first-order chi connectivity index (χ1) is 7.41. The maximum absolute atomic E-state index is 10.8. The molecule has 1 aromatic heterocycles. The molecule has 0 fully saturated rings. The van der Waals surface area contributed by atoms with Gasteiger partial charge in [0, 0.05) is 16.3 Å². The van der Waals surface area contributed by atoms with Crippen molar-refractivity contribution in [2.24, 2.45) is 0 Å². The first-order valence-electron chi connectivity index (χ1n) is 5.12. The molecule has 0 saturated carbocycles. The van der Waals surface area contributed by atoms with Crippen LogP contribution >= 0.6 is 11.3 Å². The van der Waals surface area contributed by atoms with Gasteiger partial charge in [0.25, 0.3) is 0 Å². The fourth-order valence-corrected chi connectivity index (χ4v) is 2.49. The molecule has 2 atom stereocenters. The Balaban J connectivity index is 2.62. The van der Waals surface area contributed by atoms with E-state index in [1.807, 2.05) is 19.9 Å². The van der Waals surface area contributed by atoms with Crippen molar-refractivity contribution in [2.45, 2.75) is 39.5 Å². The van der Waals surface area contributed by atoms with Gasteiger partial charge in [-0.15, -0.1) is 11.3 Å². The number of hydrogen-bond acceptors (Lipinski definition) is 4. The lowest BCUT2D eigenvalue weighted by molar-refractivity contribution is -0.142. The summed E-state index contributed by atoms with van der Waals surface area (Å²) >= 11 is 1.69. The number of aliphatic hydroxyl groups excluding tert-OH is 1. The molecule has 3 N–H and O–H groups in total. The monoisotopic (exact) mass is 243 g/mol. The third-order valence-corrected chi connectivity index (χ3v) is 3.41. The molecule has 0 spiro atoms. The standard InChI is InChI=1S/C11H17NO3S/c1-6-4-9(8(3)16-6)5-12-10(7(2)13)11(14)15/h4,7,10,12-13H,5H2,1-3H3,(H,14,15)/t7-,10-/m1/s1. The van der Waals surface area contributed by atoms with Crippen LogP contribution in [0.1, 0.15) is 22.2 Å². The minimum atomic E-state index is -1.03. The molecule has 0 aliphatic carbocycles. The van der Waals surface area contributed by atoms with Crippen LogP contribution in [0.25, 0.3) is 0 Å². The van der Waals surface area contributed by atoms with Gasteiger partial charge in [-0.1, -0.05) is 0 Å². The Bertz CT molecular complexity index is 373. The topological polar surface area (TPSA) is 69.6 Å². The molecule has 1 heterocycles. The molecule has 5 heteroatoms. The molecule has 1 rings (SSSR count). The summed E-state index contributed by atoms with van der Waals surface area (Å²) in [6, 6.07) is 1.12. The Morgan fingerprint density at radius 2 is 2.19 bits per heavy atom. The van der Waals surface area contributed by atoms with E-state index in [1.54, 1.807) is 11.3 Å². The molecule has 0 amide bonds. The molecule has 4 nitrogen and oxygen atoms in total. The van der Waals surface area contributed by atoms with E-state index < -0.39 is 18.1 Å². The second-order valence-corrected chi connectivity index (χ2v) is 5.34. The van der Waals surface area contributed by atoms with Crippen LogP contribution in [0.15, 0.2) is 6.07 Å². The van der Waals surface area contributed by atoms with E-state index in [1.165, 1.54) is 16.7 Å². The summed E-state index contributed by atoms with van der Waals surface area (Å²) in [4.78, 5) is 13.2. The summed E-state index contributed by atoms with van der Waals surface area (Å²) in [5.74, 6) is -1.03. The molecule has 1 aromatic rings. The number of nitrogens with one attached hydrogen (secondary N) is 1. The molecule has 0 aliphatic rings. The summed E-state index contributed by atoms with van der Waals surface area (Å²) < 4.78 is 0. The van der Waals surface area contributed by atoms with Gasteiger partial charge in [0.1, 0.15) is 6.04 Å². The highest BCUT2D eigenvalue weighted by Crippen LogP contribution is 2.20. The average Bonchev–Trinajstić information content (AvgIpc) is 2.44. The number of rotatable bonds is 5. The van der Waals surface area contributed by atoms with E-state index in [0.29, 0.717) is 6.54 Å². The molecule has 16 heavy (non-hydrogen) atoms. The molecule has 0 aromatic carbocycles. The smallest absolute Gasteiger partial charge is 0.323 e. The Kier molecular flexibility index (Phi) is 4.46. The lowest BCUT2D eigenvalue weighted by Gasteiger charge is -2.16. The SMILES string of the molecule is Cc1cc(CN[C@@H](C(=O)O)[C@@H](C)O)c(C)s1. The van der Waals surface area contributed by atoms with Crippen LogP contribution in [0.5, 0.6) is 0 Å². The Labute approximate surface area is 98.9 Å². The molecule has 0 bridgehead atoms. The maximum atomic E-state index is 10.8. The van der Waals surface area contributed by atoms with E-state index in [-0.39, 0.29) is 0 Å². The minimum Gasteiger partial charge on any atom is -0.480 e. The van der Waals surface area contributed by atoms with E-state index in [4.69, 9.17) is 5.11 Å². The highest BCUT2D eigenvalue weighted by molar-refractivity contribution is 7.12. The van der Waals surface area contributed by atoms with Crippen LogP contribution in [0.2, 0.25) is 0 Å². The number of aryl methyl sites for hydroxylation is 2. The lowest BCUT2D eigenvalue weighted by Crippen LogP contribution is -2.44. The summed E-state index contributed by atoms with van der Waals surface area (Å²) in [5, 5.41) is 21.0. The second-order valence-electron chi connectivity index (χ2n) is 3.88. The summed E-state index contributed by atoms with van der Waals surface area (Å²) in [7, 11) is 0. The van der Waals surface area contributed by atoms with Crippen molar-refractivity contribution in [1.82, 2.24) is 5.32 Å². The molecule has 90 valence electrons. The Hall–Kier alpha value is -0.910. The lowest BCUT2D eigenvalue weighted by atomic mass is 10.1. The number of hydrogen-bond donors (Lipinski definition) is 3. The zero-order valence-corrected chi connectivity index (χ0v) is 10.5. The highest BCUT2D eigenvalue weighted by atomic mass is 32.1. The number of carboxylic acid groups (broad SMARTS) is 1. The zero-order valence-electron chi connectivity index (χ0n) is 9.65. The molecule has 0 radical (unpaired) electrons. The van der Waals surface area contributed by atoms with Gasteiger partial charge >= 0.3 is 5.97 Å². The van der Waals surface area contributed by atoms with E-state index >= 15 is 0 Å². The number of aliphatic carboxylic acids is 1. The fraction of sp³-hybridized carbons (Fsp3) is 0.545. The fourth-order valence-electron chi connectivity index (χ4n) is 1.54. The number of thiophene rings is 1. The van der Waals surface area contributed by atoms with Crippen molar-refractivity contribution >= 4 is 17.3 Å². The molecule has 0 aliphatic heterocycles. The van der Waals surface area contributed by atoms with Crippen LogP contribution < -0.4 is 5.32 Å². The van der Waals surface area contributed by atoms with Crippen molar-refractivity contribution in [3.63, 3.8) is 0 Å². The van der Waals surface area contributed by atoms with Crippen molar-refractivity contribution in [3.8, 4) is 0 Å². The molecule has 0 unspecified atom stereocenters. The highest BCUT2D eigenvalue weighted by Gasteiger charge is 2.22. The van der Waals surface area contributed by atoms with Crippen LogP contribution in [0, 0.1) is 13.8 Å². The molecular weight excluding hydrogens is 226 g/mol.